The second-order valence-electron chi connectivity index (χ2n) is 6.43. The van der Waals surface area contributed by atoms with E-state index in [9.17, 15) is 4.79 Å². The van der Waals surface area contributed by atoms with Crippen molar-refractivity contribution in [2.24, 2.45) is 0 Å². The van der Waals surface area contributed by atoms with Crippen LogP contribution in [0.4, 0.5) is 5.69 Å². The summed E-state index contributed by atoms with van der Waals surface area (Å²) in [5.41, 5.74) is 3.85. The predicted molar refractivity (Wildman–Crippen MR) is 110 cm³/mol. The number of hydrogen-bond acceptors (Lipinski definition) is 6. The van der Waals surface area contributed by atoms with E-state index in [2.05, 4.69) is 26.9 Å². The SMILES string of the molecule is CCOc1ccc(NC(=O)[C@H](C)Sc2nnnn2-c2cc(C)cc(C)c2)cc1. The summed E-state index contributed by atoms with van der Waals surface area (Å²) in [6, 6.07) is 13.4. The normalized spacial score (nSPS) is 11.9. The lowest BCUT2D eigenvalue weighted by atomic mass is 10.1. The lowest BCUT2D eigenvalue weighted by molar-refractivity contribution is -0.115. The quantitative estimate of drug-likeness (QED) is 0.611. The molecule has 0 aliphatic rings. The topological polar surface area (TPSA) is 81.9 Å². The van der Waals surface area contributed by atoms with Gasteiger partial charge in [-0.2, -0.15) is 4.68 Å². The molecule has 0 aliphatic carbocycles. The molecule has 0 saturated heterocycles. The van der Waals surface area contributed by atoms with Crippen LogP contribution in [0, 0.1) is 13.8 Å². The molecule has 28 heavy (non-hydrogen) atoms. The van der Waals surface area contributed by atoms with E-state index in [0.717, 1.165) is 28.3 Å². The molecule has 0 fully saturated rings. The summed E-state index contributed by atoms with van der Waals surface area (Å²) in [5, 5.41) is 15.0. The molecule has 3 rings (SSSR count). The number of ether oxygens (including phenoxy) is 1. The van der Waals surface area contributed by atoms with E-state index in [1.54, 1.807) is 4.68 Å². The number of rotatable bonds is 7. The highest BCUT2D eigenvalue weighted by Crippen LogP contribution is 2.25. The van der Waals surface area contributed by atoms with Crippen molar-refractivity contribution in [2.75, 3.05) is 11.9 Å². The minimum Gasteiger partial charge on any atom is -0.494 e. The van der Waals surface area contributed by atoms with Crippen LogP contribution in [0.3, 0.4) is 0 Å². The summed E-state index contributed by atoms with van der Waals surface area (Å²) in [7, 11) is 0. The van der Waals surface area contributed by atoms with Crippen LogP contribution in [0.15, 0.2) is 47.6 Å². The van der Waals surface area contributed by atoms with Crippen molar-refractivity contribution >= 4 is 23.4 Å². The van der Waals surface area contributed by atoms with Crippen LogP contribution in [0.2, 0.25) is 0 Å². The van der Waals surface area contributed by atoms with Crippen LogP contribution in [-0.2, 0) is 4.79 Å². The lowest BCUT2D eigenvalue weighted by Crippen LogP contribution is -2.22. The van der Waals surface area contributed by atoms with E-state index in [1.165, 1.54) is 11.8 Å². The fraction of sp³-hybridized carbons (Fsp3) is 0.300. The predicted octanol–water partition coefficient (Wildman–Crippen LogP) is 3.80. The van der Waals surface area contributed by atoms with Gasteiger partial charge in [0.2, 0.25) is 11.1 Å². The smallest absolute Gasteiger partial charge is 0.237 e. The zero-order valence-electron chi connectivity index (χ0n) is 16.3. The average molecular weight is 398 g/mol. The number of carbonyl (C=O) groups is 1. The molecule has 8 heteroatoms. The monoisotopic (exact) mass is 397 g/mol. The molecule has 0 radical (unpaired) electrons. The average Bonchev–Trinajstić information content (AvgIpc) is 3.11. The fourth-order valence-corrected chi connectivity index (χ4v) is 3.55. The van der Waals surface area contributed by atoms with Gasteiger partial charge in [-0.3, -0.25) is 4.79 Å². The molecule has 1 atom stereocenters. The summed E-state index contributed by atoms with van der Waals surface area (Å²) in [4.78, 5) is 12.6. The second kappa shape index (κ2) is 8.88. The Morgan fingerprint density at radius 3 is 2.50 bits per heavy atom. The van der Waals surface area contributed by atoms with Crippen LogP contribution in [0.1, 0.15) is 25.0 Å². The van der Waals surface area contributed by atoms with Gasteiger partial charge in [0, 0.05) is 5.69 Å². The third-order valence-electron chi connectivity index (χ3n) is 3.98. The molecule has 7 nitrogen and oxygen atoms in total. The third kappa shape index (κ3) is 4.89. The van der Waals surface area contributed by atoms with Gasteiger partial charge >= 0.3 is 0 Å². The Morgan fingerprint density at radius 2 is 1.86 bits per heavy atom. The van der Waals surface area contributed by atoms with Gasteiger partial charge in [-0.05, 0) is 85.6 Å². The Kier molecular flexibility index (Phi) is 6.30. The first kappa shape index (κ1) is 19.9. The van der Waals surface area contributed by atoms with E-state index in [-0.39, 0.29) is 11.2 Å². The number of carbonyl (C=O) groups excluding carboxylic acids is 1. The first-order chi connectivity index (χ1) is 13.5. The maximum atomic E-state index is 12.6. The molecule has 0 unspecified atom stereocenters. The van der Waals surface area contributed by atoms with Crippen LogP contribution in [-0.4, -0.2) is 38.0 Å². The Hall–Kier alpha value is -2.87. The molecular formula is C20H23N5O2S. The first-order valence-electron chi connectivity index (χ1n) is 9.03. The summed E-state index contributed by atoms with van der Waals surface area (Å²) >= 11 is 1.31. The molecule has 1 heterocycles. The second-order valence-corrected chi connectivity index (χ2v) is 7.73. The van der Waals surface area contributed by atoms with Gasteiger partial charge in [0.25, 0.3) is 0 Å². The highest BCUT2D eigenvalue weighted by molar-refractivity contribution is 8.00. The Morgan fingerprint density at radius 1 is 1.18 bits per heavy atom. The van der Waals surface area contributed by atoms with Gasteiger partial charge in [0.15, 0.2) is 0 Å². The van der Waals surface area contributed by atoms with Crippen molar-refractivity contribution in [1.82, 2.24) is 20.2 Å². The third-order valence-corrected chi connectivity index (χ3v) is 5.01. The van der Waals surface area contributed by atoms with Crippen molar-refractivity contribution in [3.8, 4) is 11.4 Å². The highest BCUT2D eigenvalue weighted by atomic mass is 32.2. The van der Waals surface area contributed by atoms with E-state index < -0.39 is 0 Å². The van der Waals surface area contributed by atoms with Gasteiger partial charge < -0.3 is 10.1 Å². The molecular weight excluding hydrogens is 374 g/mol. The van der Waals surface area contributed by atoms with Crippen molar-refractivity contribution in [3.63, 3.8) is 0 Å². The number of tetrazole rings is 1. The van der Waals surface area contributed by atoms with Crippen molar-refractivity contribution in [3.05, 3.63) is 53.6 Å². The summed E-state index contributed by atoms with van der Waals surface area (Å²) in [6.45, 7) is 8.42. The van der Waals surface area contributed by atoms with Gasteiger partial charge in [-0.1, -0.05) is 17.8 Å². The van der Waals surface area contributed by atoms with Crippen LogP contribution in [0.25, 0.3) is 5.69 Å². The minimum absolute atomic E-state index is 0.121. The molecule has 3 aromatic rings. The van der Waals surface area contributed by atoms with E-state index in [0.29, 0.717) is 11.8 Å². The van der Waals surface area contributed by atoms with Crippen LogP contribution >= 0.6 is 11.8 Å². The van der Waals surface area contributed by atoms with Crippen molar-refractivity contribution in [2.45, 2.75) is 38.1 Å². The maximum Gasteiger partial charge on any atom is 0.237 e. The zero-order chi connectivity index (χ0) is 20.1. The molecule has 0 spiro atoms. The largest absolute Gasteiger partial charge is 0.494 e. The molecule has 1 amide bonds. The maximum absolute atomic E-state index is 12.6. The van der Waals surface area contributed by atoms with E-state index in [4.69, 9.17) is 4.74 Å². The van der Waals surface area contributed by atoms with E-state index >= 15 is 0 Å². The Labute approximate surface area is 168 Å². The molecule has 1 aromatic heterocycles. The summed E-state index contributed by atoms with van der Waals surface area (Å²) < 4.78 is 7.07. The van der Waals surface area contributed by atoms with Gasteiger partial charge in [0.1, 0.15) is 5.75 Å². The van der Waals surface area contributed by atoms with Crippen molar-refractivity contribution in [1.29, 1.82) is 0 Å². The summed E-state index contributed by atoms with van der Waals surface area (Å²) in [6.07, 6.45) is 0. The lowest BCUT2D eigenvalue weighted by Gasteiger charge is -2.12. The fourth-order valence-electron chi connectivity index (χ4n) is 2.74. The van der Waals surface area contributed by atoms with E-state index in [1.807, 2.05) is 64.1 Å². The number of aryl methyl sites for hydroxylation is 2. The molecule has 146 valence electrons. The zero-order valence-corrected chi connectivity index (χ0v) is 17.2. The van der Waals surface area contributed by atoms with Crippen LogP contribution in [0.5, 0.6) is 5.75 Å². The molecule has 1 N–H and O–H groups in total. The summed E-state index contributed by atoms with van der Waals surface area (Å²) in [5.74, 6) is 0.652. The number of nitrogens with one attached hydrogen (secondary N) is 1. The molecule has 0 saturated carbocycles. The number of aromatic nitrogens is 4. The number of amides is 1. The first-order valence-corrected chi connectivity index (χ1v) is 9.91. The Bertz CT molecular complexity index is 935. The van der Waals surface area contributed by atoms with Gasteiger partial charge in [-0.25, -0.2) is 0 Å². The minimum atomic E-state index is -0.373. The van der Waals surface area contributed by atoms with Crippen LogP contribution < -0.4 is 10.1 Å². The van der Waals surface area contributed by atoms with Crippen molar-refractivity contribution < 1.29 is 9.53 Å². The molecule has 0 aliphatic heterocycles. The van der Waals surface area contributed by atoms with Gasteiger partial charge in [-0.15, -0.1) is 5.10 Å². The standard InChI is InChI=1S/C20H23N5O2S/c1-5-27-18-8-6-16(7-9-18)21-19(26)15(4)28-20-22-23-24-25(20)17-11-13(2)10-14(3)12-17/h6-12,15H,5H2,1-4H3,(H,21,26)/t15-/m0/s1. The Balaban J connectivity index is 1.68. The molecule has 0 bridgehead atoms. The number of hydrogen-bond donors (Lipinski definition) is 1. The number of anilines is 1. The van der Waals surface area contributed by atoms with Gasteiger partial charge in [0.05, 0.1) is 17.5 Å². The molecule has 2 aromatic carbocycles. The number of nitrogens with zero attached hydrogens (tertiary/aromatic N) is 4. The number of thioether (sulfide) groups is 1. The highest BCUT2D eigenvalue weighted by Gasteiger charge is 2.19. The number of benzene rings is 2.